The number of esters is 1. The SMILES string of the molecule is N#C/C(=C/c1ccc(OC(=O)c2cccc([N+](=O)[O-])c2)cc1)c1ccc(Cl)cc1. The molecule has 0 aliphatic carbocycles. The van der Waals surface area contributed by atoms with E-state index >= 15 is 0 Å². The van der Waals surface area contributed by atoms with Gasteiger partial charge in [-0.1, -0.05) is 41.9 Å². The molecule has 6 nitrogen and oxygen atoms in total. The van der Waals surface area contributed by atoms with Crippen LogP contribution in [0, 0.1) is 21.4 Å². The first-order chi connectivity index (χ1) is 14.0. The minimum atomic E-state index is -0.698. The van der Waals surface area contributed by atoms with Gasteiger partial charge >= 0.3 is 5.97 Å². The monoisotopic (exact) mass is 404 g/mol. The van der Waals surface area contributed by atoms with Crippen molar-refractivity contribution in [1.29, 1.82) is 5.26 Å². The molecule has 7 heteroatoms. The van der Waals surface area contributed by atoms with Crippen molar-refractivity contribution >= 4 is 34.9 Å². The van der Waals surface area contributed by atoms with E-state index in [1.54, 1.807) is 54.6 Å². The van der Waals surface area contributed by atoms with Crippen molar-refractivity contribution in [2.45, 2.75) is 0 Å². The highest BCUT2D eigenvalue weighted by Gasteiger charge is 2.13. The van der Waals surface area contributed by atoms with E-state index in [-0.39, 0.29) is 17.0 Å². The lowest BCUT2D eigenvalue weighted by Crippen LogP contribution is -2.08. The zero-order valence-electron chi connectivity index (χ0n) is 14.9. The van der Waals surface area contributed by atoms with Crippen molar-refractivity contribution in [3.05, 3.63) is 105 Å². The van der Waals surface area contributed by atoms with Gasteiger partial charge in [0.15, 0.2) is 0 Å². The van der Waals surface area contributed by atoms with Crippen LogP contribution in [0.5, 0.6) is 5.75 Å². The fraction of sp³-hybridized carbons (Fsp3) is 0. The topological polar surface area (TPSA) is 93.2 Å². The summed E-state index contributed by atoms with van der Waals surface area (Å²) in [5, 5.41) is 20.8. The first kappa shape index (κ1) is 19.8. The van der Waals surface area contributed by atoms with E-state index in [2.05, 4.69) is 6.07 Å². The maximum Gasteiger partial charge on any atom is 0.343 e. The Morgan fingerprint density at radius 1 is 1.03 bits per heavy atom. The molecule has 0 aliphatic heterocycles. The van der Waals surface area contributed by atoms with Gasteiger partial charge in [0, 0.05) is 17.2 Å². The van der Waals surface area contributed by atoms with Gasteiger partial charge in [-0.25, -0.2) is 4.79 Å². The Morgan fingerprint density at radius 2 is 1.72 bits per heavy atom. The molecule has 3 aromatic rings. The summed E-state index contributed by atoms with van der Waals surface area (Å²) in [5.41, 5.74) is 1.83. The molecule has 0 spiro atoms. The standard InChI is InChI=1S/C22H13ClN2O4/c23-19-8-6-16(7-9-19)18(14-24)12-15-4-10-21(11-5-15)29-22(26)17-2-1-3-20(13-17)25(27)28/h1-13H/b18-12-. The smallest absolute Gasteiger partial charge is 0.343 e. The number of hydrogen-bond donors (Lipinski definition) is 0. The molecule has 29 heavy (non-hydrogen) atoms. The Balaban J connectivity index is 1.75. The summed E-state index contributed by atoms with van der Waals surface area (Å²) in [6.07, 6.45) is 1.70. The number of halogens is 1. The number of rotatable bonds is 5. The van der Waals surface area contributed by atoms with Crippen LogP contribution in [-0.2, 0) is 0 Å². The van der Waals surface area contributed by atoms with E-state index in [1.165, 1.54) is 18.2 Å². The molecule has 0 saturated heterocycles. The summed E-state index contributed by atoms with van der Waals surface area (Å²) in [4.78, 5) is 22.4. The van der Waals surface area contributed by atoms with E-state index in [0.717, 1.165) is 17.2 Å². The lowest BCUT2D eigenvalue weighted by molar-refractivity contribution is -0.384. The molecule has 3 aromatic carbocycles. The average Bonchev–Trinajstić information content (AvgIpc) is 2.74. The maximum absolute atomic E-state index is 12.2. The van der Waals surface area contributed by atoms with Crippen molar-refractivity contribution < 1.29 is 14.5 Å². The van der Waals surface area contributed by atoms with Crippen LogP contribution in [0.25, 0.3) is 11.6 Å². The van der Waals surface area contributed by atoms with Gasteiger partial charge in [0.25, 0.3) is 5.69 Å². The van der Waals surface area contributed by atoms with Crippen LogP contribution >= 0.6 is 11.6 Å². The Bertz CT molecular complexity index is 1130. The van der Waals surface area contributed by atoms with E-state index in [0.29, 0.717) is 10.6 Å². The quantitative estimate of drug-likeness (QED) is 0.139. The molecule has 0 atom stereocenters. The Labute approximate surface area is 171 Å². The van der Waals surface area contributed by atoms with Crippen LogP contribution in [0.1, 0.15) is 21.5 Å². The molecule has 0 aliphatic rings. The largest absolute Gasteiger partial charge is 0.423 e. The molecule has 3 rings (SSSR count). The zero-order chi connectivity index (χ0) is 20.8. The molecule has 0 N–H and O–H groups in total. The molecule has 0 bridgehead atoms. The number of ether oxygens (including phenoxy) is 1. The van der Waals surface area contributed by atoms with Gasteiger partial charge in [-0.2, -0.15) is 5.26 Å². The van der Waals surface area contributed by atoms with Gasteiger partial charge in [-0.05, 0) is 47.5 Å². The molecule has 0 aromatic heterocycles. The normalized spacial score (nSPS) is 10.8. The molecule has 0 heterocycles. The predicted octanol–water partition coefficient (Wildman–Crippen LogP) is 5.53. The number of carbonyl (C=O) groups is 1. The summed E-state index contributed by atoms with van der Waals surface area (Å²) in [6, 6.07) is 20.9. The van der Waals surface area contributed by atoms with Crippen molar-refractivity contribution in [2.75, 3.05) is 0 Å². The summed E-state index contributed by atoms with van der Waals surface area (Å²) in [6.45, 7) is 0. The number of nitro groups is 1. The number of nitro benzene ring substituents is 1. The first-order valence-corrected chi connectivity index (χ1v) is 8.78. The van der Waals surface area contributed by atoms with Gasteiger partial charge in [-0.15, -0.1) is 0 Å². The molecule has 0 radical (unpaired) electrons. The lowest BCUT2D eigenvalue weighted by atomic mass is 10.0. The van der Waals surface area contributed by atoms with Gasteiger partial charge in [0.1, 0.15) is 5.75 Å². The number of benzene rings is 3. The summed E-state index contributed by atoms with van der Waals surface area (Å²) < 4.78 is 5.26. The minimum Gasteiger partial charge on any atom is -0.423 e. The second kappa shape index (κ2) is 8.83. The minimum absolute atomic E-state index is 0.0812. The van der Waals surface area contributed by atoms with Crippen LogP contribution < -0.4 is 4.74 Å². The van der Waals surface area contributed by atoms with Crippen LogP contribution in [0.2, 0.25) is 5.02 Å². The zero-order valence-corrected chi connectivity index (χ0v) is 15.7. The molecule has 0 amide bonds. The average molecular weight is 405 g/mol. The molecular weight excluding hydrogens is 392 g/mol. The van der Waals surface area contributed by atoms with Crippen molar-refractivity contribution in [1.82, 2.24) is 0 Å². The van der Waals surface area contributed by atoms with Crippen LogP contribution in [0.4, 0.5) is 5.69 Å². The molecule has 0 fully saturated rings. The van der Waals surface area contributed by atoms with Gasteiger partial charge in [0.2, 0.25) is 0 Å². The highest BCUT2D eigenvalue weighted by molar-refractivity contribution is 6.30. The molecule has 142 valence electrons. The molecule has 0 unspecified atom stereocenters. The Kier molecular flexibility index (Phi) is 6.03. The van der Waals surface area contributed by atoms with E-state index in [9.17, 15) is 20.2 Å². The highest BCUT2D eigenvalue weighted by atomic mass is 35.5. The fourth-order valence-corrected chi connectivity index (χ4v) is 2.65. The third kappa shape index (κ3) is 5.06. The van der Waals surface area contributed by atoms with E-state index < -0.39 is 10.9 Å². The van der Waals surface area contributed by atoms with Crippen LogP contribution in [0.3, 0.4) is 0 Å². The number of carbonyl (C=O) groups excluding carboxylic acids is 1. The Hall–Kier alpha value is -3.95. The van der Waals surface area contributed by atoms with Crippen molar-refractivity contribution in [3.63, 3.8) is 0 Å². The molecule has 0 saturated carbocycles. The summed E-state index contributed by atoms with van der Waals surface area (Å²) in [5.74, 6) is -0.417. The summed E-state index contributed by atoms with van der Waals surface area (Å²) in [7, 11) is 0. The van der Waals surface area contributed by atoms with Crippen molar-refractivity contribution in [2.24, 2.45) is 0 Å². The van der Waals surface area contributed by atoms with Gasteiger partial charge in [-0.3, -0.25) is 10.1 Å². The third-order valence-corrected chi connectivity index (χ3v) is 4.22. The third-order valence-electron chi connectivity index (χ3n) is 3.97. The number of non-ortho nitro benzene ring substituents is 1. The number of nitriles is 1. The second-order valence-electron chi connectivity index (χ2n) is 5.94. The predicted molar refractivity (Wildman–Crippen MR) is 109 cm³/mol. The fourth-order valence-electron chi connectivity index (χ4n) is 2.52. The lowest BCUT2D eigenvalue weighted by Gasteiger charge is -2.05. The first-order valence-electron chi connectivity index (χ1n) is 8.41. The second-order valence-corrected chi connectivity index (χ2v) is 6.38. The number of allylic oxidation sites excluding steroid dienone is 1. The van der Waals surface area contributed by atoms with Gasteiger partial charge in [0.05, 0.1) is 22.1 Å². The Morgan fingerprint density at radius 3 is 2.34 bits per heavy atom. The summed E-state index contributed by atoms with van der Waals surface area (Å²) >= 11 is 5.87. The van der Waals surface area contributed by atoms with E-state index in [4.69, 9.17) is 16.3 Å². The van der Waals surface area contributed by atoms with Gasteiger partial charge < -0.3 is 4.74 Å². The maximum atomic E-state index is 12.2. The highest BCUT2D eigenvalue weighted by Crippen LogP contribution is 2.22. The van der Waals surface area contributed by atoms with Crippen molar-refractivity contribution in [3.8, 4) is 11.8 Å². The van der Waals surface area contributed by atoms with E-state index in [1.807, 2.05) is 0 Å². The molecular formula is C22H13ClN2O4. The number of nitrogens with zero attached hydrogens (tertiary/aromatic N) is 2. The van der Waals surface area contributed by atoms with Crippen LogP contribution in [0.15, 0.2) is 72.8 Å². The van der Waals surface area contributed by atoms with Crippen LogP contribution in [-0.4, -0.2) is 10.9 Å². The number of hydrogen-bond acceptors (Lipinski definition) is 5.